The van der Waals surface area contributed by atoms with E-state index in [9.17, 15) is 9.59 Å². The lowest BCUT2D eigenvalue weighted by Gasteiger charge is -2.05. The van der Waals surface area contributed by atoms with Gasteiger partial charge in [0.15, 0.2) is 0 Å². The Hall–Kier alpha value is -1.40. The Bertz CT molecular complexity index is 686. The van der Waals surface area contributed by atoms with Gasteiger partial charge in [-0.3, -0.25) is 14.3 Å². The van der Waals surface area contributed by atoms with Gasteiger partial charge in [0.2, 0.25) is 0 Å². The molecule has 0 radical (unpaired) electrons. The molecular formula is C11H12ClN3O2S. The van der Waals surface area contributed by atoms with Crippen molar-refractivity contribution in [1.82, 2.24) is 14.5 Å². The zero-order valence-electron chi connectivity index (χ0n) is 9.99. The fourth-order valence-electron chi connectivity index (χ4n) is 1.65. The SMILES string of the molecule is CCc1c(Cl)[nH]c(=O)n(Cc2ncc(C)s2)c1=O. The minimum atomic E-state index is -0.505. The highest BCUT2D eigenvalue weighted by molar-refractivity contribution is 7.11. The van der Waals surface area contributed by atoms with Crippen LogP contribution in [0.5, 0.6) is 0 Å². The number of thiazole rings is 1. The quantitative estimate of drug-likeness (QED) is 0.871. The summed E-state index contributed by atoms with van der Waals surface area (Å²) in [6.07, 6.45) is 2.20. The lowest BCUT2D eigenvalue weighted by molar-refractivity contribution is 0.683. The number of aromatic amines is 1. The summed E-state index contributed by atoms with van der Waals surface area (Å²) in [6, 6.07) is 0. The lowest BCUT2D eigenvalue weighted by Crippen LogP contribution is -2.37. The predicted octanol–water partition coefficient (Wildman–Crippen LogP) is 1.57. The third-order valence-electron chi connectivity index (χ3n) is 2.55. The van der Waals surface area contributed by atoms with E-state index in [1.165, 1.54) is 11.3 Å². The molecule has 0 aromatic carbocycles. The topological polar surface area (TPSA) is 67.8 Å². The molecule has 0 atom stereocenters. The van der Waals surface area contributed by atoms with Gasteiger partial charge in [-0.2, -0.15) is 0 Å². The highest BCUT2D eigenvalue weighted by atomic mass is 35.5. The van der Waals surface area contributed by atoms with Crippen LogP contribution in [0, 0.1) is 6.92 Å². The van der Waals surface area contributed by atoms with Crippen LogP contribution in [0.3, 0.4) is 0 Å². The van der Waals surface area contributed by atoms with Crippen molar-refractivity contribution in [3.63, 3.8) is 0 Å². The Labute approximate surface area is 112 Å². The maximum absolute atomic E-state index is 12.1. The van der Waals surface area contributed by atoms with E-state index < -0.39 is 5.69 Å². The Balaban J connectivity index is 2.51. The second kappa shape index (κ2) is 5.07. The van der Waals surface area contributed by atoms with Crippen molar-refractivity contribution in [2.75, 3.05) is 0 Å². The molecule has 0 aliphatic carbocycles. The molecule has 18 heavy (non-hydrogen) atoms. The number of nitrogens with one attached hydrogen (secondary N) is 1. The van der Waals surface area contributed by atoms with E-state index in [0.29, 0.717) is 12.0 Å². The molecule has 2 aromatic rings. The molecule has 0 bridgehead atoms. The van der Waals surface area contributed by atoms with Gasteiger partial charge >= 0.3 is 5.69 Å². The van der Waals surface area contributed by atoms with E-state index in [0.717, 1.165) is 14.5 Å². The van der Waals surface area contributed by atoms with E-state index in [-0.39, 0.29) is 17.3 Å². The number of hydrogen-bond acceptors (Lipinski definition) is 4. The summed E-state index contributed by atoms with van der Waals surface area (Å²) < 4.78 is 1.13. The maximum Gasteiger partial charge on any atom is 0.329 e. The number of H-pyrrole nitrogens is 1. The first-order valence-electron chi connectivity index (χ1n) is 5.45. The molecule has 2 heterocycles. The molecule has 0 saturated heterocycles. The van der Waals surface area contributed by atoms with Crippen molar-refractivity contribution in [1.29, 1.82) is 0 Å². The van der Waals surface area contributed by atoms with E-state index >= 15 is 0 Å². The van der Waals surface area contributed by atoms with Gasteiger partial charge in [-0.15, -0.1) is 11.3 Å². The monoisotopic (exact) mass is 285 g/mol. The number of hydrogen-bond donors (Lipinski definition) is 1. The third kappa shape index (κ3) is 2.39. The van der Waals surface area contributed by atoms with E-state index in [2.05, 4.69) is 9.97 Å². The molecule has 1 N–H and O–H groups in total. The van der Waals surface area contributed by atoms with Gasteiger partial charge in [-0.05, 0) is 13.3 Å². The second-order valence-electron chi connectivity index (χ2n) is 3.83. The fraction of sp³-hybridized carbons (Fsp3) is 0.364. The van der Waals surface area contributed by atoms with Crippen molar-refractivity contribution in [2.45, 2.75) is 26.8 Å². The molecule has 5 nitrogen and oxygen atoms in total. The summed E-state index contributed by atoms with van der Waals surface area (Å²) in [6.45, 7) is 3.92. The number of halogens is 1. The van der Waals surface area contributed by atoms with Crippen molar-refractivity contribution in [3.8, 4) is 0 Å². The van der Waals surface area contributed by atoms with Crippen LogP contribution >= 0.6 is 22.9 Å². The number of rotatable bonds is 3. The standard InChI is InChI=1S/C11H12ClN3O2S/c1-3-7-9(12)14-11(17)15(10(7)16)5-8-13-4-6(2)18-8/h4H,3,5H2,1-2H3,(H,14,17). The molecule has 0 amide bonds. The Morgan fingerprint density at radius 1 is 1.50 bits per heavy atom. The molecule has 96 valence electrons. The normalized spacial score (nSPS) is 10.8. The summed E-state index contributed by atoms with van der Waals surface area (Å²) in [5.74, 6) is 0. The molecule has 7 heteroatoms. The summed E-state index contributed by atoms with van der Waals surface area (Å²) in [7, 11) is 0. The van der Waals surface area contributed by atoms with Gasteiger partial charge in [0.25, 0.3) is 5.56 Å². The van der Waals surface area contributed by atoms with Crippen LogP contribution in [0.15, 0.2) is 15.8 Å². The highest BCUT2D eigenvalue weighted by Crippen LogP contribution is 2.12. The Kier molecular flexibility index (Phi) is 3.68. The highest BCUT2D eigenvalue weighted by Gasteiger charge is 2.12. The average Bonchev–Trinajstić information content (AvgIpc) is 2.70. The molecule has 0 fully saturated rings. The molecular weight excluding hydrogens is 274 g/mol. The third-order valence-corrected chi connectivity index (χ3v) is 3.77. The summed E-state index contributed by atoms with van der Waals surface area (Å²) in [4.78, 5) is 31.5. The summed E-state index contributed by atoms with van der Waals surface area (Å²) >= 11 is 7.29. The predicted molar refractivity (Wildman–Crippen MR) is 71.7 cm³/mol. The molecule has 0 aliphatic rings. The first-order valence-corrected chi connectivity index (χ1v) is 6.65. The number of aryl methyl sites for hydroxylation is 1. The van der Waals surface area contributed by atoms with Gasteiger partial charge in [0.05, 0.1) is 12.1 Å². The largest absolute Gasteiger partial charge is 0.329 e. The van der Waals surface area contributed by atoms with E-state index in [4.69, 9.17) is 11.6 Å². The maximum atomic E-state index is 12.1. The van der Waals surface area contributed by atoms with Crippen LogP contribution in [0.1, 0.15) is 22.4 Å². The zero-order chi connectivity index (χ0) is 13.3. The summed E-state index contributed by atoms with van der Waals surface area (Å²) in [5.41, 5.74) is -0.432. The number of aromatic nitrogens is 3. The molecule has 2 rings (SSSR count). The van der Waals surface area contributed by atoms with E-state index in [1.54, 1.807) is 6.20 Å². The Morgan fingerprint density at radius 3 is 2.78 bits per heavy atom. The average molecular weight is 286 g/mol. The van der Waals surface area contributed by atoms with E-state index in [1.807, 2.05) is 13.8 Å². The second-order valence-corrected chi connectivity index (χ2v) is 5.53. The van der Waals surface area contributed by atoms with Crippen LogP contribution in [0.25, 0.3) is 0 Å². The van der Waals surface area contributed by atoms with Crippen molar-refractivity contribution >= 4 is 22.9 Å². The first-order chi connectivity index (χ1) is 8.52. The number of nitrogens with zero attached hydrogens (tertiary/aromatic N) is 2. The molecule has 0 saturated carbocycles. The van der Waals surface area contributed by atoms with Gasteiger partial charge in [-0.1, -0.05) is 18.5 Å². The van der Waals surface area contributed by atoms with Crippen molar-refractivity contribution < 1.29 is 0 Å². The van der Waals surface area contributed by atoms with Crippen LogP contribution < -0.4 is 11.2 Å². The van der Waals surface area contributed by atoms with Gasteiger partial charge < -0.3 is 0 Å². The fourth-order valence-corrected chi connectivity index (χ4v) is 2.72. The molecule has 0 aliphatic heterocycles. The minimum absolute atomic E-state index is 0.124. The van der Waals surface area contributed by atoms with Crippen molar-refractivity contribution in [3.05, 3.63) is 47.6 Å². The first kappa shape index (κ1) is 13.0. The Morgan fingerprint density at radius 2 is 2.22 bits per heavy atom. The van der Waals surface area contributed by atoms with Gasteiger partial charge in [0, 0.05) is 11.1 Å². The molecule has 2 aromatic heterocycles. The van der Waals surface area contributed by atoms with Crippen molar-refractivity contribution in [2.24, 2.45) is 0 Å². The van der Waals surface area contributed by atoms with Crippen LogP contribution in [0.2, 0.25) is 5.15 Å². The van der Waals surface area contributed by atoms with Gasteiger partial charge in [0.1, 0.15) is 10.2 Å². The minimum Gasteiger partial charge on any atom is -0.297 e. The van der Waals surface area contributed by atoms with Crippen LogP contribution in [0.4, 0.5) is 0 Å². The molecule has 0 unspecified atom stereocenters. The smallest absolute Gasteiger partial charge is 0.297 e. The lowest BCUT2D eigenvalue weighted by atomic mass is 10.2. The zero-order valence-corrected chi connectivity index (χ0v) is 11.6. The van der Waals surface area contributed by atoms with Gasteiger partial charge in [-0.25, -0.2) is 9.78 Å². The summed E-state index contributed by atoms with van der Waals surface area (Å²) in [5, 5.41) is 0.851. The van der Waals surface area contributed by atoms with Crippen LogP contribution in [-0.4, -0.2) is 14.5 Å². The molecule has 0 spiro atoms. The van der Waals surface area contributed by atoms with Crippen LogP contribution in [-0.2, 0) is 13.0 Å².